The Balaban J connectivity index is 2.19. The Morgan fingerprint density at radius 2 is 2.00 bits per heavy atom. The number of nitrogens with zero attached hydrogens (tertiary/aromatic N) is 2. The number of carboxylic acid groups (broad SMARTS) is 1. The van der Waals surface area contributed by atoms with Crippen molar-refractivity contribution >= 4 is 39.9 Å². The van der Waals surface area contributed by atoms with Gasteiger partial charge in [-0.3, -0.25) is 9.11 Å². The van der Waals surface area contributed by atoms with Gasteiger partial charge < -0.3 is 14.7 Å². The van der Waals surface area contributed by atoms with Crippen LogP contribution < -0.4 is 9.64 Å². The molecule has 7 nitrogen and oxygen atoms in total. The number of anilines is 2. The third-order valence-corrected chi connectivity index (χ3v) is 8.37. The van der Waals surface area contributed by atoms with Crippen LogP contribution >= 0.6 is 22.5 Å². The molecule has 0 radical (unpaired) electrons. The van der Waals surface area contributed by atoms with Crippen molar-refractivity contribution in [3.05, 3.63) is 54.6 Å². The van der Waals surface area contributed by atoms with Crippen molar-refractivity contribution in [2.45, 2.75) is 42.0 Å². The van der Waals surface area contributed by atoms with Crippen molar-refractivity contribution in [2.24, 2.45) is 0 Å². The molecule has 2 aromatic rings. The van der Waals surface area contributed by atoms with E-state index >= 15 is 0 Å². The maximum Gasteiger partial charge on any atom is 0.368 e. The topological polar surface area (TPSA) is 93.5 Å². The number of carboxylic acids is 1. The van der Waals surface area contributed by atoms with Crippen LogP contribution in [0.25, 0.3) is 0 Å². The fourth-order valence-electron chi connectivity index (χ4n) is 3.73. The van der Waals surface area contributed by atoms with Gasteiger partial charge in [-0.1, -0.05) is 38.0 Å². The summed E-state index contributed by atoms with van der Waals surface area (Å²) in [5.74, 6) is -3.05. The molecule has 1 unspecified atom stereocenters. The summed E-state index contributed by atoms with van der Waals surface area (Å²) in [5, 5.41) is 8.78. The van der Waals surface area contributed by atoms with Gasteiger partial charge in [0.1, 0.15) is 16.9 Å². The third kappa shape index (κ3) is 5.47. The monoisotopic (exact) mass is 496 g/mol. The highest BCUT2D eigenvalue weighted by Crippen LogP contribution is 2.60. The van der Waals surface area contributed by atoms with Crippen molar-refractivity contribution in [3.63, 3.8) is 0 Å². The number of rotatable bonds is 8. The second-order valence-corrected chi connectivity index (χ2v) is 10.6. The summed E-state index contributed by atoms with van der Waals surface area (Å²) in [6.07, 6.45) is 5.02. The predicted octanol–water partition coefficient (Wildman–Crippen LogP) is 6.35. The maximum absolute atomic E-state index is 13.5. The molecule has 3 rings (SSSR count). The van der Waals surface area contributed by atoms with Gasteiger partial charge in [-0.15, -0.1) is 22.5 Å². The lowest BCUT2D eigenvalue weighted by atomic mass is 10.1. The van der Waals surface area contributed by atoms with Crippen LogP contribution in [-0.4, -0.2) is 50.4 Å². The number of benzene rings is 2. The number of likely N-dealkylation sites (N-methyl/N-ethyl adjacent to an activating group) is 1. The van der Waals surface area contributed by atoms with Crippen molar-refractivity contribution in [1.29, 1.82) is 0 Å². The van der Waals surface area contributed by atoms with Gasteiger partial charge in [-0.25, -0.2) is 9.10 Å². The highest BCUT2D eigenvalue weighted by molar-refractivity contribution is 8.22. The van der Waals surface area contributed by atoms with Crippen LogP contribution in [0.4, 0.5) is 15.8 Å². The Morgan fingerprint density at radius 3 is 2.61 bits per heavy atom. The predicted molar refractivity (Wildman–Crippen MR) is 131 cm³/mol. The lowest BCUT2D eigenvalue weighted by molar-refractivity contribution is -0.134. The van der Waals surface area contributed by atoms with E-state index in [0.29, 0.717) is 23.4 Å². The van der Waals surface area contributed by atoms with Gasteiger partial charge in [0.15, 0.2) is 0 Å². The van der Waals surface area contributed by atoms with Gasteiger partial charge in [0.2, 0.25) is 5.83 Å². The van der Waals surface area contributed by atoms with E-state index in [-0.39, 0.29) is 16.7 Å². The Hall–Kier alpha value is -2.24. The minimum absolute atomic E-state index is 0.131. The van der Waals surface area contributed by atoms with Gasteiger partial charge in [0.25, 0.3) is 0 Å². The van der Waals surface area contributed by atoms with Crippen LogP contribution in [0.3, 0.4) is 0 Å². The van der Waals surface area contributed by atoms with E-state index in [0.717, 1.165) is 24.9 Å². The van der Waals surface area contributed by atoms with Crippen molar-refractivity contribution in [1.82, 2.24) is 4.31 Å². The lowest BCUT2D eigenvalue weighted by Crippen LogP contribution is -2.39. The van der Waals surface area contributed by atoms with E-state index in [1.807, 2.05) is 36.6 Å². The second kappa shape index (κ2) is 10.8. The molecule has 0 amide bonds. The summed E-state index contributed by atoms with van der Waals surface area (Å²) in [6, 6.07) is 12.8. The Bertz CT molecular complexity index is 1020. The SMILES string of the molecule is CCCCC1CN(c2ccccc2)c2cc(SC)c(OC=C(F)C(=O)O)cc2S(O)(O)N1C. The van der Waals surface area contributed by atoms with E-state index in [2.05, 4.69) is 11.8 Å². The highest BCUT2D eigenvalue weighted by Gasteiger charge is 2.37. The lowest BCUT2D eigenvalue weighted by Gasteiger charge is -2.43. The molecular formula is C23H29FN2O5S2. The van der Waals surface area contributed by atoms with Crippen LogP contribution in [0.2, 0.25) is 0 Å². The number of hydrogen-bond acceptors (Lipinski definition) is 7. The first kappa shape index (κ1) is 25.4. The number of unbranched alkanes of at least 4 members (excludes halogenated alkanes) is 1. The molecule has 10 heteroatoms. The molecule has 1 aliphatic rings. The molecular weight excluding hydrogens is 467 g/mol. The summed E-state index contributed by atoms with van der Waals surface area (Å²) in [4.78, 5) is 13.7. The quantitative estimate of drug-likeness (QED) is 0.221. The molecule has 33 heavy (non-hydrogen) atoms. The fourth-order valence-corrected chi connectivity index (χ4v) is 5.88. The largest absolute Gasteiger partial charge is 0.476 e. The number of para-hydroxylation sites is 1. The molecule has 1 heterocycles. The molecule has 0 saturated carbocycles. The molecule has 2 aromatic carbocycles. The van der Waals surface area contributed by atoms with Crippen molar-refractivity contribution < 1.29 is 28.1 Å². The van der Waals surface area contributed by atoms with Crippen LogP contribution in [0.5, 0.6) is 5.75 Å². The van der Waals surface area contributed by atoms with Crippen LogP contribution in [0, 0.1) is 0 Å². The molecule has 0 aromatic heterocycles. The number of fused-ring (bicyclic) bond motifs is 1. The van der Waals surface area contributed by atoms with Crippen LogP contribution in [-0.2, 0) is 4.79 Å². The normalized spacial score (nSPS) is 19.5. The zero-order chi connectivity index (χ0) is 24.2. The molecule has 0 saturated heterocycles. The minimum Gasteiger partial charge on any atom is -0.476 e. The number of ether oxygens (including phenoxy) is 1. The molecule has 3 N–H and O–H groups in total. The highest BCUT2D eigenvalue weighted by atomic mass is 32.3. The average molecular weight is 497 g/mol. The maximum atomic E-state index is 13.5. The number of halogens is 1. The third-order valence-electron chi connectivity index (χ3n) is 5.59. The first-order valence-corrected chi connectivity index (χ1v) is 13.2. The number of carbonyl (C=O) groups is 1. The van der Waals surface area contributed by atoms with Crippen LogP contribution in [0.15, 0.2) is 64.3 Å². The van der Waals surface area contributed by atoms with E-state index < -0.39 is 22.6 Å². The average Bonchev–Trinajstić information content (AvgIpc) is 2.89. The van der Waals surface area contributed by atoms with Gasteiger partial charge in [-0.2, -0.15) is 4.39 Å². The first-order valence-electron chi connectivity index (χ1n) is 10.5. The summed E-state index contributed by atoms with van der Waals surface area (Å²) in [5.41, 5.74) is 1.52. The van der Waals surface area contributed by atoms with E-state index in [9.17, 15) is 18.3 Å². The Morgan fingerprint density at radius 1 is 1.30 bits per heavy atom. The zero-order valence-electron chi connectivity index (χ0n) is 18.8. The molecule has 1 atom stereocenters. The number of thioether (sulfide) groups is 1. The van der Waals surface area contributed by atoms with Gasteiger partial charge in [-0.05, 0) is 30.9 Å². The van der Waals surface area contributed by atoms with Gasteiger partial charge in [0.05, 0.1) is 10.6 Å². The van der Waals surface area contributed by atoms with Gasteiger partial charge >= 0.3 is 5.97 Å². The standard InChI is InChI=1S/C23H29FN2O5S2/c1-4-5-9-17-14-26(16-10-7-6-8-11-16)19-12-21(32-3)20(31-15-18(24)23(27)28)13-22(19)33(29,30)25(17)2/h6-8,10-13,15,17,29-30H,4-5,9,14H2,1-3H3,(H,27,28). The zero-order valence-corrected chi connectivity index (χ0v) is 20.4. The van der Waals surface area contributed by atoms with Crippen molar-refractivity contribution in [3.8, 4) is 5.75 Å². The fraction of sp³-hybridized carbons (Fsp3) is 0.348. The minimum atomic E-state index is -3.41. The van der Waals surface area contributed by atoms with Crippen LogP contribution in [0.1, 0.15) is 26.2 Å². The summed E-state index contributed by atoms with van der Waals surface area (Å²) < 4.78 is 43.2. The first-order chi connectivity index (χ1) is 15.7. The molecule has 0 spiro atoms. The summed E-state index contributed by atoms with van der Waals surface area (Å²) in [6.45, 7) is 2.64. The molecule has 0 bridgehead atoms. The second-order valence-electron chi connectivity index (χ2n) is 7.67. The van der Waals surface area contributed by atoms with E-state index in [4.69, 9.17) is 9.84 Å². The van der Waals surface area contributed by atoms with E-state index in [1.165, 1.54) is 17.8 Å². The number of hydrogen-bond donors (Lipinski definition) is 3. The van der Waals surface area contributed by atoms with Gasteiger partial charge in [0, 0.05) is 31.4 Å². The van der Waals surface area contributed by atoms with E-state index in [1.54, 1.807) is 17.4 Å². The number of aliphatic carboxylic acids is 1. The molecule has 0 fully saturated rings. The summed E-state index contributed by atoms with van der Waals surface area (Å²) >= 11 is 1.33. The Labute approximate surface area is 199 Å². The molecule has 1 aliphatic heterocycles. The molecule has 180 valence electrons. The smallest absolute Gasteiger partial charge is 0.368 e. The molecule has 0 aliphatic carbocycles. The van der Waals surface area contributed by atoms with Crippen molar-refractivity contribution in [2.75, 3.05) is 24.7 Å². The summed E-state index contributed by atoms with van der Waals surface area (Å²) in [7, 11) is -1.71. The Kier molecular flexibility index (Phi) is 8.30.